The number of amides is 2. The van der Waals surface area contributed by atoms with E-state index in [2.05, 4.69) is 15.6 Å². The fourth-order valence-corrected chi connectivity index (χ4v) is 4.30. The van der Waals surface area contributed by atoms with E-state index in [4.69, 9.17) is 4.74 Å². The normalized spacial score (nSPS) is 19.5. The largest absolute Gasteiger partial charge is 0.442 e. The molecule has 1 aromatic heterocycles. The number of hydrogen-bond acceptors (Lipinski definition) is 7. The lowest BCUT2D eigenvalue weighted by Gasteiger charge is -2.24. The first-order valence-electron chi connectivity index (χ1n) is 9.47. The van der Waals surface area contributed by atoms with Crippen molar-refractivity contribution in [2.75, 3.05) is 47.5 Å². The average Bonchev–Trinajstić information content (AvgIpc) is 3.30. The summed E-state index contributed by atoms with van der Waals surface area (Å²) in [4.78, 5) is 27.0. The highest BCUT2D eigenvalue weighted by atomic mass is 32.2. The number of hydrogen-bond donors (Lipinski definition) is 1. The quantitative estimate of drug-likeness (QED) is 0.781. The van der Waals surface area contributed by atoms with Crippen LogP contribution in [-0.2, 0) is 4.74 Å². The van der Waals surface area contributed by atoms with E-state index in [1.807, 2.05) is 0 Å². The molecule has 0 radical (unpaired) electrons. The lowest BCUT2D eigenvalue weighted by atomic mass is 10.2. The number of cyclic esters (lactones) is 1. The van der Waals surface area contributed by atoms with E-state index in [1.54, 1.807) is 16.7 Å². The maximum Gasteiger partial charge on any atom is 0.414 e. The number of thioether (sulfide) groups is 1. The van der Waals surface area contributed by atoms with Crippen LogP contribution < -0.4 is 15.1 Å². The topological polar surface area (TPSA) is 92.6 Å². The first kappa shape index (κ1) is 20.4. The molecule has 0 spiro atoms. The van der Waals surface area contributed by atoms with Crippen molar-refractivity contribution in [3.8, 4) is 0 Å². The van der Waals surface area contributed by atoms with Crippen molar-refractivity contribution in [2.24, 2.45) is 0 Å². The SMILES string of the molecule is O=C1O[C@@H](CNC(=O)n2ccnn2)CN1c1cc(F)c(N2CCCSCC2)c(F)c1. The summed E-state index contributed by atoms with van der Waals surface area (Å²) < 4.78 is 35.8. The molecule has 4 rings (SSSR count). The van der Waals surface area contributed by atoms with Crippen LogP contribution in [-0.4, -0.2) is 70.9 Å². The molecule has 3 heterocycles. The number of aromatic nitrogens is 3. The molecule has 160 valence electrons. The Kier molecular flexibility index (Phi) is 6.02. The van der Waals surface area contributed by atoms with Crippen LogP contribution in [0.25, 0.3) is 0 Å². The molecule has 12 heteroatoms. The lowest BCUT2D eigenvalue weighted by Crippen LogP contribution is -2.37. The van der Waals surface area contributed by atoms with Crippen LogP contribution in [0.2, 0.25) is 0 Å². The molecule has 2 aliphatic rings. The van der Waals surface area contributed by atoms with Gasteiger partial charge >= 0.3 is 12.1 Å². The second-order valence-corrected chi connectivity index (χ2v) is 8.09. The van der Waals surface area contributed by atoms with E-state index >= 15 is 0 Å². The maximum atomic E-state index is 14.8. The molecule has 1 atom stereocenters. The van der Waals surface area contributed by atoms with E-state index in [1.165, 1.54) is 12.4 Å². The van der Waals surface area contributed by atoms with Gasteiger partial charge in [0.1, 0.15) is 11.8 Å². The summed E-state index contributed by atoms with van der Waals surface area (Å²) >= 11 is 1.76. The summed E-state index contributed by atoms with van der Waals surface area (Å²) in [6.07, 6.45) is 2.18. The molecule has 2 amide bonds. The molecule has 30 heavy (non-hydrogen) atoms. The number of anilines is 2. The van der Waals surface area contributed by atoms with Gasteiger partial charge in [0.05, 0.1) is 31.2 Å². The Morgan fingerprint density at radius 3 is 2.80 bits per heavy atom. The fraction of sp³-hybridized carbons (Fsp3) is 0.444. The number of benzene rings is 1. The van der Waals surface area contributed by atoms with E-state index in [0.717, 1.165) is 39.6 Å². The second kappa shape index (κ2) is 8.86. The van der Waals surface area contributed by atoms with E-state index in [0.29, 0.717) is 13.1 Å². The first-order valence-corrected chi connectivity index (χ1v) is 10.6. The zero-order valence-corrected chi connectivity index (χ0v) is 16.8. The van der Waals surface area contributed by atoms with Gasteiger partial charge < -0.3 is 15.0 Å². The minimum Gasteiger partial charge on any atom is -0.442 e. The van der Waals surface area contributed by atoms with E-state index in [9.17, 15) is 18.4 Å². The number of carbonyl (C=O) groups excluding carboxylic acids is 2. The Balaban J connectivity index is 1.43. The predicted octanol–water partition coefficient (Wildman–Crippen LogP) is 2.08. The molecule has 0 saturated carbocycles. The van der Waals surface area contributed by atoms with Gasteiger partial charge in [0, 0.05) is 31.0 Å². The van der Waals surface area contributed by atoms with Gasteiger partial charge in [0.15, 0.2) is 11.6 Å². The summed E-state index contributed by atoms with van der Waals surface area (Å²) in [5.41, 5.74) is 0.0125. The van der Waals surface area contributed by atoms with Crippen LogP contribution in [0.4, 0.5) is 29.7 Å². The molecule has 1 aromatic carbocycles. The molecule has 1 N–H and O–H groups in total. The van der Waals surface area contributed by atoms with Crippen molar-refractivity contribution in [2.45, 2.75) is 12.5 Å². The number of nitrogens with zero attached hydrogens (tertiary/aromatic N) is 5. The molecular formula is C18H20F2N6O3S. The molecule has 2 fully saturated rings. The fourth-order valence-electron chi connectivity index (χ4n) is 3.42. The van der Waals surface area contributed by atoms with Gasteiger partial charge in [-0.05, 0) is 12.2 Å². The van der Waals surface area contributed by atoms with Crippen LogP contribution in [0.1, 0.15) is 6.42 Å². The molecule has 2 saturated heterocycles. The molecule has 0 unspecified atom stereocenters. The Morgan fingerprint density at radius 1 is 1.27 bits per heavy atom. The van der Waals surface area contributed by atoms with Crippen molar-refractivity contribution >= 4 is 35.3 Å². The van der Waals surface area contributed by atoms with Crippen molar-refractivity contribution in [3.63, 3.8) is 0 Å². The van der Waals surface area contributed by atoms with E-state index in [-0.39, 0.29) is 24.5 Å². The molecule has 2 aliphatic heterocycles. The van der Waals surface area contributed by atoms with Gasteiger partial charge in [-0.2, -0.15) is 16.4 Å². The van der Waals surface area contributed by atoms with Crippen LogP contribution in [0.5, 0.6) is 0 Å². The minimum absolute atomic E-state index is 0.0232. The van der Waals surface area contributed by atoms with Crippen LogP contribution in [0.3, 0.4) is 0 Å². The second-order valence-electron chi connectivity index (χ2n) is 6.86. The summed E-state index contributed by atoms with van der Waals surface area (Å²) in [5.74, 6) is 0.341. The Bertz CT molecular complexity index is 898. The molecular weight excluding hydrogens is 418 g/mol. The Hall–Kier alpha value is -2.89. The van der Waals surface area contributed by atoms with Crippen molar-refractivity contribution < 1.29 is 23.1 Å². The van der Waals surface area contributed by atoms with Crippen molar-refractivity contribution in [1.82, 2.24) is 20.3 Å². The average molecular weight is 438 g/mol. The summed E-state index contributed by atoms with van der Waals surface area (Å²) in [5, 5.41) is 9.65. The molecule has 0 bridgehead atoms. The third-order valence-corrected chi connectivity index (χ3v) is 5.89. The summed E-state index contributed by atoms with van der Waals surface area (Å²) in [6, 6.07) is 1.77. The predicted molar refractivity (Wildman–Crippen MR) is 107 cm³/mol. The van der Waals surface area contributed by atoms with Gasteiger partial charge in [-0.3, -0.25) is 4.90 Å². The summed E-state index contributed by atoms with van der Waals surface area (Å²) in [6.45, 7) is 1.22. The Morgan fingerprint density at radius 2 is 2.07 bits per heavy atom. The maximum absolute atomic E-state index is 14.8. The highest BCUT2D eigenvalue weighted by Crippen LogP contribution is 2.32. The smallest absolute Gasteiger partial charge is 0.414 e. The van der Waals surface area contributed by atoms with Crippen molar-refractivity contribution in [1.29, 1.82) is 0 Å². The van der Waals surface area contributed by atoms with Gasteiger partial charge in [-0.1, -0.05) is 5.21 Å². The third-order valence-electron chi connectivity index (χ3n) is 4.84. The highest BCUT2D eigenvalue weighted by molar-refractivity contribution is 7.99. The number of halogens is 2. The van der Waals surface area contributed by atoms with Crippen LogP contribution >= 0.6 is 11.8 Å². The van der Waals surface area contributed by atoms with Crippen molar-refractivity contribution in [3.05, 3.63) is 36.2 Å². The van der Waals surface area contributed by atoms with Crippen LogP contribution in [0, 0.1) is 11.6 Å². The zero-order valence-electron chi connectivity index (χ0n) is 16.0. The van der Waals surface area contributed by atoms with Gasteiger partial charge in [-0.25, -0.2) is 18.4 Å². The zero-order chi connectivity index (χ0) is 21.1. The number of rotatable bonds is 4. The lowest BCUT2D eigenvalue weighted by molar-refractivity contribution is 0.140. The number of carbonyl (C=O) groups is 2. The molecule has 9 nitrogen and oxygen atoms in total. The highest BCUT2D eigenvalue weighted by Gasteiger charge is 2.34. The van der Waals surface area contributed by atoms with Gasteiger partial charge in [0.25, 0.3) is 0 Å². The minimum atomic E-state index is -0.729. The summed E-state index contributed by atoms with van der Waals surface area (Å²) in [7, 11) is 0. The standard InChI is InChI=1S/C18H20F2N6O3S/c19-14-8-12(9-15(20)16(14)24-3-1-6-30-7-5-24)25-11-13(29-18(25)28)10-21-17(27)26-4-2-22-23-26/h2,4,8-9,13H,1,3,5-7,10-11H2,(H,21,27)/t13-/m0/s1. The van der Waals surface area contributed by atoms with Gasteiger partial charge in [0.2, 0.25) is 0 Å². The third kappa shape index (κ3) is 4.32. The van der Waals surface area contributed by atoms with Crippen LogP contribution in [0.15, 0.2) is 24.5 Å². The number of ether oxygens (including phenoxy) is 1. The Labute approximate surface area is 175 Å². The molecule has 2 aromatic rings. The first-order chi connectivity index (χ1) is 14.5. The monoisotopic (exact) mass is 438 g/mol. The van der Waals surface area contributed by atoms with Gasteiger partial charge in [-0.15, -0.1) is 5.10 Å². The number of nitrogens with one attached hydrogen (secondary N) is 1. The molecule has 0 aliphatic carbocycles. The van der Waals surface area contributed by atoms with E-state index < -0.39 is 29.9 Å².